The van der Waals surface area contributed by atoms with Crippen LogP contribution in [0.25, 0.3) is 0 Å². The zero-order valence-corrected chi connectivity index (χ0v) is 11.5. The van der Waals surface area contributed by atoms with Gasteiger partial charge in [0.25, 0.3) is 0 Å². The van der Waals surface area contributed by atoms with Crippen LogP contribution in [0, 0.1) is 12.3 Å². The summed E-state index contributed by atoms with van der Waals surface area (Å²) in [6.45, 7) is 9.38. The predicted molar refractivity (Wildman–Crippen MR) is 72.8 cm³/mol. The first-order valence-corrected chi connectivity index (χ1v) is 6.93. The van der Waals surface area contributed by atoms with Crippen LogP contribution < -0.4 is 11.1 Å². The van der Waals surface area contributed by atoms with Crippen molar-refractivity contribution < 1.29 is 0 Å². The Kier molecular flexibility index (Phi) is 5.46. The molecule has 16 heavy (non-hydrogen) atoms. The molecule has 0 atom stereocenters. The van der Waals surface area contributed by atoms with Crippen LogP contribution in [-0.2, 0) is 6.54 Å². The molecule has 3 heteroatoms. The van der Waals surface area contributed by atoms with Crippen molar-refractivity contribution >= 4 is 11.3 Å². The first kappa shape index (κ1) is 13.7. The van der Waals surface area contributed by atoms with E-state index in [2.05, 4.69) is 38.2 Å². The average molecular weight is 240 g/mol. The van der Waals surface area contributed by atoms with E-state index in [-0.39, 0.29) is 5.41 Å². The van der Waals surface area contributed by atoms with Crippen molar-refractivity contribution in [2.24, 2.45) is 11.1 Å². The summed E-state index contributed by atoms with van der Waals surface area (Å²) < 4.78 is 0. The van der Waals surface area contributed by atoms with E-state index in [0.717, 1.165) is 32.5 Å². The van der Waals surface area contributed by atoms with Crippen molar-refractivity contribution in [2.45, 2.75) is 40.2 Å². The van der Waals surface area contributed by atoms with E-state index in [1.165, 1.54) is 9.75 Å². The molecule has 3 N–H and O–H groups in total. The largest absolute Gasteiger partial charge is 0.330 e. The van der Waals surface area contributed by atoms with Crippen molar-refractivity contribution in [1.82, 2.24) is 5.32 Å². The predicted octanol–water partition coefficient (Wildman–Crippen LogP) is 2.91. The molecule has 0 radical (unpaired) electrons. The van der Waals surface area contributed by atoms with E-state index < -0.39 is 0 Å². The topological polar surface area (TPSA) is 38.0 Å². The van der Waals surface area contributed by atoms with E-state index in [1.807, 2.05) is 11.3 Å². The monoisotopic (exact) mass is 240 g/mol. The highest BCUT2D eigenvalue weighted by atomic mass is 32.1. The van der Waals surface area contributed by atoms with Crippen LogP contribution in [0.1, 0.15) is 36.4 Å². The molecule has 1 aromatic heterocycles. The van der Waals surface area contributed by atoms with E-state index in [0.29, 0.717) is 0 Å². The Bertz CT molecular complexity index is 294. The molecule has 0 aliphatic heterocycles. The van der Waals surface area contributed by atoms with Crippen LogP contribution >= 0.6 is 11.3 Å². The van der Waals surface area contributed by atoms with Gasteiger partial charge in [-0.1, -0.05) is 13.8 Å². The minimum atomic E-state index is 0.284. The van der Waals surface area contributed by atoms with Crippen molar-refractivity contribution in [1.29, 1.82) is 0 Å². The lowest BCUT2D eigenvalue weighted by molar-refractivity contribution is 0.259. The Morgan fingerprint density at radius 3 is 2.44 bits per heavy atom. The van der Waals surface area contributed by atoms with E-state index in [1.54, 1.807) is 0 Å². The van der Waals surface area contributed by atoms with Gasteiger partial charge in [0.05, 0.1) is 0 Å². The fourth-order valence-corrected chi connectivity index (χ4v) is 2.75. The molecule has 2 nitrogen and oxygen atoms in total. The second-order valence-electron chi connectivity index (χ2n) is 4.53. The lowest BCUT2D eigenvalue weighted by Gasteiger charge is -2.30. The number of hydrogen-bond acceptors (Lipinski definition) is 3. The Morgan fingerprint density at radius 1 is 1.31 bits per heavy atom. The quantitative estimate of drug-likeness (QED) is 0.769. The van der Waals surface area contributed by atoms with Gasteiger partial charge in [-0.3, -0.25) is 0 Å². The van der Waals surface area contributed by atoms with Gasteiger partial charge in [-0.15, -0.1) is 11.3 Å². The summed E-state index contributed by atoms with van der Waals surface area (Å²) >= 11 is 1.87. The van der Waals surface area contributed by atoms with Gasteiger partial charge in [0.1, 0.15) is 0 Å². The van der Waals surface area contributed by atoms with Gasteiger partial charge in [0, 0.05) is 22.8 Å². The third-order valence-corrected chi connectivity index (χ3v) is 4.53. The summed E-state index contributed by atoms with van der Waals surface area (Å²) in [7, 11) is 0. The Hall–Kier alpha value is -0.380. The molecule has 1 heterocycles. The summed E-state index contributed by atoms with van der Waals surface area (Å²) in [5, 5.41) is 3.54. The lowest BCUT2D eigenvalue weighted by Crippen LogP contribution is -2.39. The van der Waals surface area contributed by atoms with E-state index in [9.17, 15) is 0 Å². The van der Waals surface area contributed by atoms with Crippen molar-refractivity contribution in [2.75, 3.05) is 13.1 Å². The smallest absolute Gasteiger partial charge is 0.0300 e. The molecular formula is C13H24N2S. The fourth-order valence-electron chi connectivity index (χ4n) is 1.89. The number of nitrogens with one attached hydrogen (secondary N) is 1. The number of aryl methyl sites for hydroxylation is 1. The van der Waals surface area contributed by atoms with Gasteiger partial charge in [0.15, 0.2) is 0 Å². The van der Waals surface area contributed by atoms with Crippen LogP contribution in [0.2, 0.25) is 0 Å². The summed E-state index contributed by atoms with van der Waals surface area (Å²) in [5.41, 5.74) is 6.16. The molecule has 92 valence electrons. The zero-order chi connectivity index (χ0) is 12.0. The molecule has 0 aromatic carbocycles. The van der Waals surface area contributed by atoms with Crippen molar-refractivity contribution in [3.63, 3.8) is 0 Å². The molecule has 0 bridgehead atoms. The highest BCUT2D eigenvalue weighted by molar-refractivity contribution is 7.11. The van der Waals surface area contributed by atoms with E-state index >= 15 is 0 Å². The van der Waals surface area contributed by atoms with Crippen LogP contribution in [0.3, 0.4) is 0 Å². The van der Waals surface area contributed by atoms with Crippen LogP contribution in [0.5, 0.6) is 0 Å². The van der Waals surface area contributed by atoms with E-state index in [4.69, 9.17) is 5.73 Å². The highest BCUT2D eigenvalue weighted by Crippen LogP contribution is 2.24. The van der Waals surface area contributed by atoms with Crippen LogP contribution in [-0.4, -0.2) is 13.1 Å². The summed E-state index contributed by atoms with van der Waals surface area (Å²) in [5.74, 6) is 0. The van der Waals surface area contributed by atoms with Gasteiger partial charge in [-0.25, -0.2) is 0 Å². The Labute approximate surface area is 103 Å². The molecule has 1 rings (SSSR count). The maximum atomic E-state index is 5.87. The first-order valence-electron chi connectivity index (χ1n) is 6.12. The number of hydrogen-bond donors (Lipinski definition) is 2. The maximum Gasteiger partial charge on any atom is 0.0300 e. The minimum Gasteiger partial charge on any atom is -0.330 e. The molecule has 0 amide bonds. The summed E-state index contributed by atoms with van der Waals surface area (Å²) in [6, 6.07) is 4.38. The second-order valence-corrected chi connectivity index (χ2v) is 5.90. The van der Waals surface area contributed by atoms with Crippen molar-refractivity contribution in [3.05, 3.63) is 21.9 Å². The number of rotatable bonds is 7. The Morgan fingerprint density at radius 2 is 2.00 bits per heavy atom. The van der Waals surface area contributed by atoms with Gasteiger partial charge in [-0.2, -0.15) is 0 Å². The molecule has 0 saturated heterocycles. The fraction of sp³-hybridized carbons (Fsp3) is 0.692. The molecule has 0 saturated carbocycles. The molecule has 1 aromatic rings. The minimum absolute atomic E-state index is 0.284. The summed E-state index contributed by atoms with van der Waals surface area (Å²) in [4.78, 5) is 2.79. The standard InChI is InChI=1S/C13H24N2S/c1-4-13(5-2,9-14)10-15-8-12-7-6-11(3)16-12/h6-7,15H,4-5,8-10,14H2,1-3H3. The highest BCUT2D eigenvalue weighted by Gasteiger charge is 2.23. The number of thiophene rings is 1. The lowest BCUT2D eigenvalue weighted by atomic mass is 9.82. The SMILES string of the molecule is CCC(CC)(CN)CNCc1ccc(C)s1. The Balaban J connectivity index is 2.39. The third kappa shape index (κ3) is 3.58. The van der Waals surface area contributed by atoms with Crippen LogP contribution in [0.15, 0.2) is 12.1 Å². The third-order valence-electron chi connectivity index (χ3n) is 3.53. The second kappa shape index (κ2) is 6.38. The molecule has 0 aliphatic rings. The van der Waals surface area contributed by atoms with Gasteiger partial charge >= 0.3 is 0 Å². The number of nitrogens with two attached hydrogens (primary N) is 1. The van der Waals surface area contributed by atoms with Crippen LogP contribution in [0.4, 0.5) is 0 Å². The molecule has 0 spiro atoms. The summed E-state index contributed by atoms with van der Waals surface area (Å²) in [6.07, 6.45) is 2.30. The van der Waals surface area contributed by atoms with Gasteiger partial charge < -0.3 is 11.1 Å². The molecule has 0 aliphatic carbocycles. The molecule has 0 fully saturated rings. The molecule has 0 unspecified atom stereocenters. The molecular weight excluding hydrogens is 216 g/mol. The van der Waals surface area contributed by atoms with Gasteiger partial charge in [-0.05, 0) is 43.9 Å². The normalized spacial score (nSPS) is 12.0. The average Bonchev–Trinajstić information content (AvgIpc) is 2.71. The zero-order valence-electron chi connectivity index (χ0n) is 10.7. The maximum absolute atomic E-state index is 5.87. The van der Waals surface area contributed by atoms with Crippen molar-refractivity contribution in [3.8, 4) is 0 Å². The van der Waals surface area contributed by atoms with Gasteiger partial charge in [0.2, 0.25) is 0 Å². The first-order chi connectivity index (χ1) is 7.65.